The minimum Gasteiger partial charge on any atom is -0.399 e. The molecule has 4 N–H and O–H groups in total. The first-order chi connectivity index (χ1) is 18.8. The highest BCUT2D eigenvalue weighted by molar-refractivity contribution is 5.78. The summed E-state index contributed by atoms with van der Waals surface area (Å²) in [4.78, 5) is 28.0. The van der Waals surface area contributed by atoms with Crippen molar-refractivity contribution in [1.82, 2.24) is 19.5 Å². The van der Waals surface area contributed by atoms with Crippen LogP contribution in [0.4, 0.5) is 30.8 Å². The number of para-hydroxylation sites is 1. The molecule has 0 spiro atoms. The Morgan fingerprint density at radius 2 is 1.82 bits per heavy atom. The molecule has 0 amide bonds. The number of hydrogen-bond acceptors (Lipinski definition) is 6. The molecule has 3 heterocycles. The molecule has 0 bridgehead atoms. The van der Waals surface area contributed by atoms with Crippen molar-refractivity contribution in [2.45, 2.75) is 25.7 Å². The van der Waals surface area contributed by atoms with Gasteiger partial charge in [-0.25, -0.2) is 14.5 Å². The van der Waals surface area contributed by atoms with E-state index >= 15 is 0 Å². The van der Waals surface area contributed by atoms with Crippen LogP contribution in [0.3, 0.4) is 0 Å². The summed E-state index contributed by atoms with van der Waals surface area (Å²) in [5.41, 5.74) is 9.09. The van der Waals surface area contributed by atoms with Crippen molar-refractivity contribution in [3.8, 4) is 5.69 Å². The first kappa shape index (κ1) is 24.5. The zero-order valence-corrected chi connectivity index (χ0v) is 20.7. The molecule has 0 aliphatic carbocycles. The fourth-order valence-corrected chi connectivity index (χ4v) is 4.80. The summed E-state index contributed by atoms with van der Waals surface area (Å²) in [7, 11) is 0. The fraction of sp³-hybridized carbons (Fsp3) is 0.179. The molecule has 0 saturated carbocycles. The van der Waals surface area contributed by atoms with Crippen LogP contribution < -0.4 is 21.5 Å². The predicted octanol–water partition coefficient (Wildman–Crippen LogP) is 4.88. The quantitative estimate of drug-likeness (QED) is 0.279. The van der Waals surface area contributed by atoms with E-state index in [-0.39, 0.29) is 17.6 Å². The molecule has 0 radical (unpaired) electrons. The molecule has 0 atom stereocenters. The van der Waals surface area contributed by atoms with Crippen molar-refractivity contribution in [3.05, 3.63) is 106 Å². The van der Waals surface area contributed by atoms with Crippen molar-refractivity contribution in [3.63, 3.8) is 0 Å². The number of rotatable bonds is 5. The van der Waals surface area contributed by atoms with Gasteiger partial charge in [-0.1, -0.05) is 30.3 Å². The van der Waals surface area contributed by atoms with Gasteiger partial charge in [0.05, 0.1) is 40.1 Å². The summed E-state index contributed by atoms with van der Waals surface area (Å²) in [5.74, 6) is 0.828. The lowest BCUT2D eigenvalue weighted by Crippen LogP contribution is -2.39. The Morgan fingerprint density at radius 1 is 1.00 bits per heavy atom. The minimum absolute atomic E-state index is 0.218. The fourth-order valence-electron chi connectivity index (χ4n) is 4.80. The Hall–Kier alpha value is -4.80. The molecule has 11 heteroatoms. The number of nitrogen functional groups attached to an aromatic ring is 1. The van der Waals surface area contributed by atoms with Crippen molar-refractivity contribution in [2.24, 2.45) is 0 Å². The summed E-state index contributed by atoms with van der Waals surface area (Å²) < 4.78 is 41.0. The first-order valence-corrected chi connectivity index (χ1v) is 12.4. The average molecular weight is 532 g/mol. The molecule has 0 saturated heterocycles. The molecule has 0 unspecified atom stereocenters. The van der Waals surface area contributed by atoms with Crippen molar-refractivity contribution < 1.29 is 13.2 Å². The molecule has 198 valence electrons. The number of alkyl halides is 3. The van der Waals surface area contributed by atoms with E-state index in [9.17, 15) is 18.0 Å². The number of benzene rings is 3. The van der Waals surface area contributed by atoms with Crippen LogP contribution in [0, 0.1) is 0 Å². The van der Waals surface area contributed by atoms with Gasteiger partial charge in [0.2, 0.25) is 11.9 Å². The van der Waals surface area contributed by atoms with Gasteiger partial charge in [-0.15, -0.1) is 0 Å². The molecule has 2 aromatic heterocycles. The number of aromatic amines is 1. The Kier molecular flexibility index (Phi) is 5.97. The molecule has 39 heavy (non-hydrogen) atoms. The monoisotopic (exact) mass is 531 g/mol. The van der Waals surface area contributed by atoms with Crippen molar-refractivity contribution in [2.75, 3.05) is 22.5 Å². The number of nitrogens with zero attached hydrogens (tertiary/aromatic N) is 4. The number of nitrogens with one attached hydrogen (secondary N) is 2. The number of halogens is 3. The van der Waals surface area contributed by atoms with Crippen LogP contribution in [0.2, 0.25) is 0 Å². The van der Waals surface area contributed by atoms with Gasteiger partial charge >= 0.3 is 6.18 Å². The SMILES string of the molecule is Nc1cccc(CNc2nc3c(c(=O)n2-c2ccccc2)CN(c2nc4ccc(C(F)(F)F)cc4[nH]2)CC3)c1. The van der Waals surface area contributed by atoms with E-state index in [0.29, 0.717) is 59.6 Å². The van der Waals surface area contributed by atoms with E-state index in [1.165, 1.54) is 6.07 Å². The van der Waals surface area contributed by atoms with Crippen LogP contribution in [-0.2, 0) is 25.7 Å². The highest BCUT2D eigenvalue weighted by Crippen LogP contribution is 2.32. The lowest BCUT2D eigenvalue weighted by Gasteiger charge is -2.28. The first-order valence-electron chi connectivity index (χ1n) is 12.4. The third-order valence-corrected chi connectivity index (χ3v) is 6.74. The van der Waals surface area contributed by atoms with E-state index in [0.717, 1.165) is 17.7 Å². The van der Waals surface area contributed by atoms with Gasteiger partial charge in [0.25, 0.3) is 5.56 Å². The Bertz CT molecular complexity index is 1730. The molecule has 5 aromatic rings. The van der Waals surface area contributed by atoms with Gasteiger partial charge in [-0.3, -0.25) is 4.79 Å². The number of nitrogens with two attached hydrogens (primary N) is 1. The number of anilines is 3. The maximum absolute atomic E-state index is 13.9. The van der Waals surface area contributed by atoms with Gasteiger partial charge < -0.3 is 20.9 Å². The van der Waals surface area contributed by atoms with E-state index < -0.39 is 11.7 Å². The summed E-state index contributed by atoms with van der Waals surface area (Å²) in [6, 6.07) is 20.1. The van der Waals surface area contributed by atoms with Crippen LogP contribution in [-0.4, -0.2) is 26.1 Å². The average Bonchev–Trinajstić information content (AvgIpc) is 3.36. The maximum Gasteiger partial charge on any atom is 0.416 e. The second kappa shape index (κ2) is 9.50. The van der Waals surface area contributed by atoms with Gasteiger partial charge in [0, 0.05) is 25.2 Å². The lowest BCUT2D eigenvalue weighted by atomic mass is 10.1. The van der Waals surface area contributed by atoms with Crippen molar-refractivity contribution >= 4 is 28.6 Å². The third-order valence-electron chi connectivity index (χ3n) is 6.74. The molecule has 3 aromatic carbocycles. The smallest absolute Gasteiger partial charge is 0.399 e. The van der Waals surface area contributed by atoms with Crippen molar-refractivity contribution in [1.29, 1.82) is 0 Å². The topological polar surface area (TPSA) is 105 Å². The third kappa shape index (κ3) is 4.78. The zero-order valence-electron chi connectivity index (χ0n) is 20.7. The van der Waals surface area contributed by atoms with E-state index in [4.69, 9.17) is 10.7 Å². The van der Waals surface area contributed by atoms with Gasteiger partial charge in [-0.05, 0) is 48.0 Å². The number of aromatic nitrogens is 4. The summed E-state index contributed by atoms with van der Waals surface area (Å²) >= 11 is 0. The standard InChI is InChI=1S/C28H24F3N7O/c29-28(30,31)18-9-10-23-24(14-18)36-27(35-23)37-12-11-22-21(16-37)25(39)38(20-7-2-1-3-8-20)26(34-22)33-15-17-5-4-6-19(32)13-17/h1-10,13-14H,11-12,15-16,32H2,(H,33,34)(H,35,36). The number of fused-ring (bicyclic) bond motifs is 2. The van der Waals surface area contributed by atoms with Crippen LogP contribution in [0.15, 0.2) is 77.6 Å². The molecule has 1 aliphatic rings. The van der Waals surface area contributed by atoms with Gasteiger partial charge in [-0.2, -0.15) is 13.2 Å². The second-order valence-corrected chi connectivity index (χ2v) is 9.40. The normalized spacial score (nSPS) is 13.5. The highest BCUT2D eigenvalue weighted by Gasteiger charge is 2.31. The zero-order chi connectivity index (χ0) is 27.1. The van der Waals surface area contributed by atoms with Crippen LogP contribution in [0.25, 0.3) is 16.7 Å². The Labute approximate surface area is 220 Å². The molecule has 1 aliphatic heterocycles. The van der Waals surface area contributed by atoms with Gasteiger partial charge in [0.1, 0.15) is 0 Å². The largest absolute Gasteiger partial charge is 0.416 e. The van der Waals surface area contributed by atoms with Crippen LogP contribution in [0.1, 0.15) is 22.4 Å². The van der Waals surface area contributed by atoms with E-state index in [1.807, 2.05) is 59.5 Å². The summed E-state index contributed by atoms with van der Waals surface area (Å²) in [6.45, 7) is 1.14. The summed E-state index contributed by atoms with van der Waals surface area (Å²) in [5, 5.41) is 3.30. The van der Waals surface area contributed by atoms with Crippen LogP contribution >= 0.6 is 0 Å². The number of imidazole rings is 1. The number of H-pyrrole nitrogens is 1. The lowest BCUT2D eigenvalue weighted by molar-refractivity contribution is -0.137. The molecular weight excluding hydrogens is 507 g/mol. The van der Waals surface area contributed by atoms with Gasteiger partial charge in [0.15, 0.2) is 0 Å². The molecule has 0 fully saturated rings. The van der Waals surface area contributed by atoms with E-state index in [1.54, 1.807) is 4.57 Å². The number of hydrogen-bond donors (Lipinski definition) is 3. The predicted molar refractivity (Wildman–Crippen MR) is 144 cm³/mol. The van der Waals surface area contributed by atoms with Crippen LogP contribution in [0.5, 0.6) is 0 Å². The minimum atomic E-state index is -4.45. The molecule has 8 nitrogen and oxygen atoms in total. The maximum atomic E-state index is 13.9. The Morgan fingerprint density at radius 3 is 2.59 bits per heavy atom. The second-order valence-electron chi connectivity index (χ2n) is 9.40. The molecule has 6 rings (SSSR count). The Balaban J connectivity index is 1.35. The summed E-state index contributed by atoms with van der Waals surface area (Å²) in [6.07, 6.45) is -3.98. The van der Waals surface area contributed by atoms with E-state index in [2.05, 4.69) is 15.3 Å². The highest BCUT2D eigenvalue weighted by atomic mass is 19.4. The molecular formula is C28H24F3N7O.